The van der Waals surface area contributed by atoms with Crippen LogP contribution in [0.3, 0.4) is 0 Å². The Bertz CT molecular complexity index is 1510. The number of hydrogen-bond donors (Lipinski definition) is 1. The van der Waals surface area contributed by atoms with Crippen LogP contribution in [-0.2, 0) is 33.8 Å². The average Bonchev–Trinajstić information content (AvgIpc) is 2.87. The number of alkyl carbamates (subject to hydrolysis) is 1. The van der Waals surface area contributed by atoms with Crippen LogP contribution >= 0.6 is 0 Å². The molecule has 0 spiro atoms. The molecular weight excluding hydrogens is 486 g/mol. The van der Waals surface area contributed by atoms with Crippen LogP contribution in [0.25, 0.3) is 11.0 Å². The summed E-state index contributed by atoms with van der Waals surface area (Å²) in [4.78, 5) is 50.3. The summed E-state index contributed by atoms with van der Waals surface area (Å²) in [7, 11) is 0. The van der Waals surface area contributed by atoms with Gasteiger partial charge in [-0.25, -0.2) is 9.59 Å². The maximum Gasteiger partial charge on any atom is 0.408 e. The van der Waals surface area contributed by atoms with Crippen molar-refractivity contribution in [2.45, 2.75) is 39.3 Å². The first-order valence-corrected chi connectivity index (χ1v) is 12.1. The normalized spacial score (nSPS) is 11.5. The van der Waals surface area contributed by atoms with E-state index in [1.165, 1.54) is 25.1 Å². The van der Waals surface area contributed by atoms with E-state index in [9.17, 15) is 19.2 Å². The van der Waals surface area contributed by atoms with Gasteiger partial charge in [-0.15, -0.1) is 0 Å². The fourth-order valence-corrected chi connectivity index (χ4v) is 4.07. The Hall–Kier alpha value is -4.72. The van der Waals surface area contributed by atoms with Crippen LogP contribution in [0.5, 0.6) is 5.75 Å². The first-order valence-electron chi connectivity index (χ1n) is 12.1. The Labute approximate surface area is 219 Å². The van der Waals surface area contributed by atoms with E-state index in [0.717, 1.165) is 11.1 Å². The van der Waals surface area contributed by atoms with Gasteiger partial charge in [-0.05, 0) is 36.6 Å². The van der Waals surface area contributed by atoms with E-state index in [-0.39, 0.29) is 47.4 Å². The van der Waals surface area contributed by atoms with Crippen LogP contribution in [0.15, 0.2) is 88.1 Å². The SMILES string of the molecule is CC(=O)Cc1cc(OC(=O)C(Cc2ccccc2)NC(=O)OCc2ccccc2)cc2oc(C)cc(=O)c12. The highest BCUT2D eigenvalue weighted by atomic mass is 16.6. The number of rotatable bonds is 9. The number of carbonyl (C=O) groups is 3. The van der Waals surface area contributed by atoms with Crippen LogP contribution in [0.2, 0.25) is 0 Å². The number of ketones is 1. The minimum absolute atomic E-state index is 0.0345. The molecule has 0 aliphatic heterocycles. The van der Waals surface area contributed by atoms with E-state index >= 15 is 0 Å². The molecule has 8 heteroatoms. The zero-order valence-electron chi connectivity index (χ0n) is 21.1. The summed E-state index contributed by atoms with van der Waals surface area (Å²) in [5.41, 5.74) is 1.90. The van der Waals surface area contributed by atoms with Gasteiger partial charge in [-0.2, -0.15) is 0 Å². The fraction of sp³-hybridized carbons (Fsp3) is 0.200. The highest BCUT2D eigenvalue weighted by Crippen LogP contribution is 2.25. The predicted molar refractivity (Wildman–Crippen MR) is 141 cm³/mol. The van der Waals surface area contributed by atoms with Crippen molar-refractivity contribution in [1.82, 2.24) is 5.32 Å². The lowest BCUT2D eigenvalue weighted by atomic mass is 10.0. The summed E-state index contributed by atoms with van der Waals surface area (Å²) in [6.07, 6.45) is -0.654. The maximum absolute atomic E-state index is 13.3. The Morgan fingerprint density at radius 3 is 2.24 bits per heavy atom. The molecule has 1 aromatic heterocycles. The molecule has 1 atom stereocenters. The maximum atomic E-state index is 13.3. The molecule has 1 unspecified atom stereocenters. The summed E-state index contributed by atoms with van der Waals surface area (Å²) in [5.74, 6) is -0.442. The topological polar surface area (TPSA) is 112 Å². The van der Waals surface area contributed by atoms with Crippen LogP contribution < -0.4 is 15.5 Å². The molecule has 1 heterocycles. The molecule has 0 fully saturated rings. The summed E-state index contributed by atoms with van der Waals surface area (Å²) >= 11 is 0. The molecule has 0 bridgehead atoms. The number of carbonyl (C=O) groups excluding carboxylic acids is 3. The fourth-order valence-electron chi connectivity index (χ4n) is 4.07. The largest absolute Gasteiger partial charge is 0.461 e. The van der Waals surface area contributed by atoms with Crippen molar-refractivity contribution in [1.29, 1.82) is 0 Å². The van der Waals surface area contributed by atoms with Gasteiger partial charge in [-0.3, -0.25) is 9.59 Å². The summed E-state index contributed by atoms with van der Waals surface area (Å²) in [5, 5.41) is 2.85. The number of ether oxygens (including phenoxy) is 2. The lowest BCUT2D eigenvalue weighted by Gasteiger charge is -2.18. The third kappa shape index (κ3) is 6.94. The van der Waals surface area contributed by atoms with E-state index in [1.54, 1.807) is 6.92 Å². The van der Waals surface area contributed by atoms with Gasteiger partial charge < -0.3 is 19.2 Å². The Balaban J connectivity index is 1.58. The third-order valence-electron chi connectivity index (χ3n) is 5.74. The summed E-state index contributed by atoms with van der Waals surface area (Å²) in [6, 6.07) is 21.5. The average molecular weight is 514 g/mol. The number of benzene rings is 3. The van der Waals surface area contributed by atoms with Crippen molar-refractivity contribution in [2.24, 2.45) is 0 Å². The molecule has 1 amide bonds. The van der Waals surface area contributed by atoms with E-state index in [2.05, 4.69) is 5.32 Å². The highest BCUT2D eigenvalue weighted by Gasteiger charge is 2.25. The number of nitrogens with one attached hydrogen (secondary N) is 1. The monoisotopic (exact) mass is 513 g/mol. The predicted octanol–water partition coefficient (Wildman–Crippen LogP) is 4.68. The Morgan fingerprint density at radius 1 is 0.921 bits per heavy atom. The third-order valence-corrected chi connectivity index (χ3v) is 5.74. The van der Waals surface area contributed by atoms with E-state index < -0.39 is 18.1 Å². The molecule has 0 saturated heterocycles. The molecule has 194 valence electrons. The van der Waals surface area contributed by atoms with Crippen molar-refractivity contribution in [3.05, 3.63) is 112 Å². The van der Waals surface area contributed by atoms with Gasteiger partial charge in [-0.1, -0.05) is 60.7 Å². The number of amides is 1. The molecule has 8 nitrogen and oxygen atoms in total. The smallest absolute Gasteiger partial charge is 0.408 e. The zero-order valence-corrected chi connectivity index (χ0v) is 21.1. The second-order valence-electron chi connectivity index (χ2n) is 8.93. The Kier molecular flexibility index (Phi) is 8.33. The van der Waals surface area contributed by atoms with Crippen LogP contribution in [0, 0.1) is 6.92 Å². The first-order chi connectivity index (χ1) is 18.3. The molecule has 3 aromatic carbocycles. The summed E-state index contributed by atoms with van der Waals surface area (Å²) < 4.78 is 16.6. The molecule has 38 heavy (non-hydrogen) atoms. The number of Topliss-reactive ketones (excluding diaryl/α,β-unsaturated/α-hetero) is 1. The molecule has 0 saturated carbocycles. The standard InChI is InChI=1S/C30H27NO7/c1-19(32)13-23-16-24(17-27-28(23)26(33)14-20(2)37-27)38-29(34)25(15-21-9-5-3-6-10-21)31-30(35)36-18-22-11-7-4-8-12-22/h3-12,14,16-17,25H,13,15,18H2,1-2H3,(H,31,35). The molecule has 4 aromatic rings. The van der Waals surface area contributed by atoms with Crippen LogP contribution in [0.1, 0.15) is 29.4 Å². The van der Waals surface area contributed by atoms with Gasteiger partial charge in [0.15, 0.2) is 5.43 Å². The molecule has 1 N–H and O–H groups in total. The van der Waals surface area contributed by atoms with Gasteiger partial charge in [0.2, 0.25) is 0 Å². The molecular formula is C30H27NO7. The number of aryl methyl sites for hydroxylation is 1. The van der Waals surface area contributed by atoms with E-state index in [0.29, 0.717) is 11.3 Å². The first kappa shape index (κ1) is 26.3. The van der Waals surface area contributed by atoms with Crippen LogP contribution in [0.4, 0.5) is 4.79 Å². The van der Waals surface area contributed by atoms with Gasteiger partial charge in [0.05, 0.1) is 5.39 Å². The van der Waals surface area contributed by atoms with Gasteiger partial charge in [0, 0.05) is 25.0 Å². The minimum Gasteiger partial charge on any atom is -0.461 e. The van der Waals surface area contributed by atoms with E-state index in [4.69, 9.17) is 13.9 Å². The number of hydrogen-bond acceptors (Lipinski definition) is 7. The minimum atomic E-state index is -1.07. The van der Waals surface area contributed by atoms with Gasteiger partial charge in [0.1, 0.15) is 35.5 Å². The molecule has 0 radical (unpaired) electrons. The number of esters is 1. The van der Waals surface area contributed by atoms with Crippen LogP contribution in [-0.4, -0.2) is 23.9 Å². The van der Waals surface area contributed by atoms with Gasteiger partial charge in [0.25, 0.3) is 0 Å². The molecule has 0 aliphatic rings. The molecule has 4 rings (SSSR count). The number of fused-ring (bicyclic) bond motifs is 1. The Morgan fingerprint density at radius 2 is 1.58 bits per heavy atom. The van der Waals surface area contributed by atoms with Crippen molar-refractivity contribution < 1.29 is 28.3 Å². The zero-order chi connectivity index (χ0) is 27.1. The lowest BCUT2D eigenvalue weighted by molar-refractivity contribution is -0.136. The molecule has 0 aliphatic carbocycles. The van der Waals surface area contributed by atoms with Crippen molar-refractivity contribution in [2.75, 3.05) is 0 Å². The summed E-state index contributed by atoms with van der Waals surface area (Å²) in [6.45, 7) is 3.07. The van der Waals surface area contributed by atoms with Crippen molar-refractivity contribution in [3.8, 4) is 5.75 Å². The second kappa shape index (κ2) is 12.0. The lowest BCUT2D eigenvalue weighted by Crippen LogP contribution is -2.44. The van der Waals surface area contributed by atoms with Gasteiger partial charge >= 0.3 is 12.1 Å². The second-order valence-corrected chi connectivity index (χ2v) is 8.93. The van der Waals surface area contributed by atoms with E-state index in [1.807, 2.05) is 60.7 Å². The quantitative estimate of drug-likeness (QED) is 0.256. The highest BCUT2D eigenvalue weighted by molar-refractivity contribution is 5.89. The van der Waals surface area contributed by atoms with Crippen molar-refractivity contribution >= 4 is 28.8 Å². The van der Waals surface area contributed by atoms with Crippen molar-refractivity contribution in [3.63, 3.8) is 0 Å².